The fourth-order valence-corrected chi connectivity index (χ4v) is 3.46. The van der Waals surface area contributed by atoms with Crippen LogP contribution in [-0.2, 0) is 4.79 Å². The van der Waals surface area contributed by atoms with Crippen LogP contribution in [0.15, 0.2) is 0 Å². The maximum Gasteiger partial charge on any atom is 0.232 e. The summed E-state index contributed by atoms with van der Waals surface area (Å²) < 4.78 is 0.179. The fraction of sp³-hybridized carbons (Fsp3) is 0.923. The van der Waals surface area contributed by atoms with Crippen molar-refractivity contribution in [3.05, 3.63) is 0 Å². The number of nitrogens with one attached hydrogen (secondary N) is 1. The highest BCUT2D eigenvalue weighted by atomic mass is 32.2. The van der Waals surface area contributed by atoms with Crippen molar-refractivity contribution in [2.75, 3.05) is 25.4 Å². The van der Waals surface area contributed by atoms with Crippen molar-refractivity contribution < 1.29 is 4.79 Å². The van der Waals surface area contributed by atoms with Gasteiger partial charge in [0.05, 0.1) is 5.75 Å². The molecule has 2 aliphatic rings. The highest BCUT2D eigenvalue weighted by Crippen LogP contribution is 2.28. The number of hydrogen-bond donors (Lipinski definition) is 1. The number of hydrogen-bond acceptors (Lipinski definition) is 3. The highest BCUT2D eigenvalue weighted by Gasteiger charge is 2.37. The molecule has 0 aromatic carbocycles. The summed E-state index contributed by atoms with van der Waals surface area (Å²) in [7, 11) is 0. The molecule has 0 aliphatic carbocycles. The highest BCUT2D eigenvalue weighted by molar-refractivity contribution is 8.01. The van der Waals surface area contributed by atoms with Gasteiger partial charge in [-0.05, 0) is 18.8 Å². The standard InChI is InChI=1S/C13H24N2OS/c1-13(2,3)17-9-12(16)15-6-4-5-10-7-14-8-11(10)15/h10-11,14H,4-9H2,1-3H3. The maximum absolute atomic E-state index is 12.3. The van der Waals surface area contributed by atoms with Gasteiger partial charge in [-0.15, -0.1) is 11.8 Å². The van der Waals surface area contributed by atoms with Crippen LogP contribution in [0, 0.1) is 5.92 Å². The van der Waals surface area contributed by atoms with Gasteiger partial charge in [0, 0.05) is 30.4 Å². The first kappa shape index (κ1) is 13.2. The molecule has 1 amide bonds. The molecule has 4 heteroatoms. The molecule has 0 radical (unpaired) electrons. The number of likely N-dealkylation sites (tertiary alicyclic amines) is 1. The van der Waals surface area contributed by atoms with E-state index in [9.17, 15) is 4.79 Å². The molecule has 1 N–H and O–H groups in total. The summed E-state index contributed by atoms with van der Waals surface area (Å²) in [4.78, 5) is 14.4. The molecule has 2 aliphatic heterocycles. The molecule has 98 valence electrons. The number of amides is 1. The van der Waals surface area contributed by atoms with E-state index >= 15 is 0 Å². The predicted octanol–water partition coefficient (Wildman–Crippen LogP) is 1.73. The summed E-state index contributed by atoms with van der Waals surface area (Å²) in [5, 5.41) is 3.42. The number of thioether (sulfide) groups is 1. The van der Waals surface area contributed by atoms with Crippen molar-refractivity contribution in [1.82, 2.24) is 10.2 Å². The Morgan fingerprint density at radius 2 is 2.18 bits per heavy atom. The minimum Gasteiger partial charge on any atom is -0.337 e. The number of carbonyl (C=O) groups is 1. The Hall–Kier alpha value is -0.220. The minimum absolute atomic E-state index is 0.179. The SMILES string of the molecule is CC(C)(C)SCC(=O)N1CCCC2CNCC21. The van der Waals surface area contributed by atoms with E-state index in [0.717, 1.165) is 19.6 Å². The lowest BCUT2D eigenvalue weighted by atomic mass is 9.92. The Balaban J connectivity index is 1.90. The smallest absolute Gasteiger partial charge is 0.232 e. The third-order valence-corrected chi connectivity index (χ3v) is 4.88. The summed E-state index contributed by atoms with van der Waals surface area (Å²) >= 11 is 1.76. The van der Waals surface area contributed by atoms with E-state index < -0.39 is 0 Å². The number of rotatable bonds is 2. The first-order chi connectivity index (χ1) is 7.97. The lowest BCUT2D eigenvalue weighted by Gasteiger charge is -2.37. The quantitative estimate of drug-likeness (QED) is 0.816. The summed E-state index contributed by atoms with van der Waals surface area (Å²) in [6, 6.07) is 0.469. The van der Waals surface area contributed by atoms with Gasteiger partial charge in [-0.1, -0.05) is 20.8 Å². The Morgan fingerprint density at radius 3 is 2.88 bits per heavy atom. The average Bonchev–Trinajstić information content (AvgIpc) is 2.72. The maximum atomic E-state index is 12.3. The minimum atomic E-state index is 0.179. The Morgan fingerprint density at radius 1 is 1.41 bits per heavy atom. The van der Waals surface area contributed by atoms with Gasteiger partial charge < -0.3 is 10.2 Å². The molecule has 0 spiro atoms. The van der Waals surface area contributed by atoms with E-state index in [0.29, 0.717) is 23.6 Å². The van der Waals surface area contributed by atoms with Crippen LogP contribution in [0.3, 0.4) is 0 Å². The van der Waals surface area contributed by atoms with Crippen LogP contribution in [0.2, 0.25) is 0 Å². The van der Waals surface area contributed by atoms with Crippen LogP contribution in [0.5, 0.6) is 0 Å². The van der Waals surface area contributed by atoms with E-state index in [1.54, 1.807) is 11.8 Å². The van der Waals surface area contributed by atoms with Crippen molar-refractivity contribution in [2.24, 2.45) is 5.92 Å². The lowest BCUT2D eigenvalue weighted by Crippen LogP contribution is -2.49. The van der Waals surface area contributed by atoms with Crippen LogP contribution in [0.1, 0.15) is 33.6 Å². The zero-order chi connectivity index (χ0) is 12.5. The van der Waals surface area contributed by atoms with E-state index in [-0.39, 0.29) is 4.75 Å². The van der Waals surface area contributed by atoms with E-state index in [2.05, 4.69) is 31.0 Å². The second-order valence-corrected chi connectivity index (χ2v) is 7.92. The van der Waals surface area contributed by atoms with Crippen molar-refractivity contribution >= 4 is 17.7 Å². The lowest BCUT2D eigenvalue weighted by molar-refractivity contribution is -0.132. The molecule has 3 nitrogen and oxygen atoms in total. The molecule has 2 fully saturated rings. The van der Waals surface area contributed by atoms with Crippen molar-refractivity contribution in [3.63, 3.8) is 0 Å². The van der Waals surface area contributed by atoms with Gasteiger partial charge >= 0.3 is 0 Å². The second-order valence-electron chi connectivity index (χ2n) is 6.12. The van der Waals surface area contributed by atoms with Crippen LogP contribution in [-0.4, -0.2) is 47.0 Å². The molecular weight excluding hydrogens is 232 g/mol. The van der Waals surface area contributed by atoms with Gasteiger partial charge in [-0.2, -0.15) is 0 Å². The molecule has 0 bridgehead atoms. The average molecular weight is 256 g/mol. The van der Waals surface area contributed by atoms with Gasteiger partial charge in [0.15, 0.2) is 0 Å². The molecule has 2 rings (SSSR count). The van der Waals surface area contributed by atoms with Gasteiger partial charge in [-0.3, -0.25) is 4.79 Å². The van der Waals surface area contributed by atoms with Gasteiger partial charge in [0.2, 0.25) is 5.91 Å². The topological polar surface area (TPSA) is 32.3 Å². The van der Waals surface area contributed by atoms with E-state index in [1.807, 2.05) is 0 Å². The fourth-order valence-electron chi connectivity index (χ4n) is 2.74. The number of nitrogens with zero attached hydrogens (tertiary/aromatic N) is 1. The second kappa shape index (κ2) is 5.19. The first-order valence-corrected chi connectivity index (χ1v) is 7.60. The molecule has 2 heterocycles. The Bertz CT molecular complexity index is 288. The normalized spacial score (nSPS) is 29.2. The molecule has 0 saturated carbocycles. The molecule has 0 aromatic rings. The number of piperidine rings is 1. The molecule has 2 atom stereocenters. The van der Waals surface area contributed by atoms with Gasteiger partial charge in [0.25, 0.3) is 0 Å². The molecule has 0 aromatic heterocycles. The van der Waals surface area contributed by atoms with Gasteiger partial charge in [-0.25, -0.2) is 0 Å². The van der Waals surface area contributed by atoms with Crippen LogP contribution in [0.25, 0.3) is 0 Å². The predicted molar refractivity (Wildman–Crippen MR) is 73.3 cm³/mol. The Kier molecular flexibility index (Phi) is 4.03. The van der Waals surface area contributed by atoms with Crippen molar-refractivity contribution in [3.8, 4) is 0 Å². The largest absolute Gasteiger partial charge is 0.337 e. The van der Waals surface area contributed by atoms with Crippen LogP contribution in [0.4, 0.5) is 0 Å². The summed E-state index contributed by atoms with van der Waals surface area (Å²) in [5.41, 5.74) is 0. The summed E-state index contributed by atoms with van der Waals surface area (Å²) in [6.45, 7) is 9.56. The molecule has 17 heavy (non-hydrogen) atoms. The number of fused-ring (bicyclic) bond motifs is 1. The molecular formula is C13H24N2OS. The first-order valence-electron chi connectivity index (χ1n) is 6.61. The monoisotopic (exact) mass is 256 g/mol. The summed E-state index contributed by atoms with van der Waals surface area (Å²) in [5.74, 6) is 1.67. The zero-order valence-electron chi connectivity index (χ0n) is 11.2. The number of carbonyl (C=O) groups excluding carboxylic acids is 1. The Labute approximate surface area is 109 Å². The van der Waals surface area contributed by atoms with E-state index in [4.69, 9.17) is 0 Å². The van der Waals surface area contributed by atoms with Crippen LogP contribution < -0.4 is 5.32 Å². The van der Waals surface area contributed by atoms with Crippen LogP contribution >= 0.6 is 11.8 Å². The van der Waals surface area contributed by atoms with Crippen molar-refractivity contribution in [1.29, 1.82) is 0 Å². The van der Waals surface area contributed by atoms with Gasteiger partial charge in [0.1, 0.15) is 0 Å². The molecule has 2 saturated heterocycles. The summed E-state index contributed by atoms with van der Waals surface area (Å²) in [6.07, 6.45) is 2.46. The van der Waals surface area contributed by atoms with E-state index in [1.165, 1.54) is 12.8 Å². The third-order valence-electron chi connectivity index (χ3n) is 3.63. The molecule has 2 unspecified atom stereocenters. The third kappa shape index (κ3) is 3.38. The van der Waals surface area contributed by atoms with Crippen molar-refractivity contribution in [2.45, 2.75) is 44.4 Å². The zero-order valence-corrected chi connectivity index (χ0v) is 12.0.